The Bertz CT molecular complexity index is 1480. The van der Waals surface area contributed by atoms with E-state index < -0.39 is 5.92 Å². The van der Waals surface area contributed by atoms with Gasteiger partial charge in [0.15, 0.2) is 29.7 Å². The summed E-state index contributed by atoms with van der Waals surface area (Å²) in [5.74, 6) is 0.307. The van der Waals surface area contributed by atoms with Gasteiger partial charge in [0.05, 0.1) is 6.61 Å². The number of ketones is 2. The summed E-state index contributed by atoms with van der Waals surface area (Å²) in [5, 5.41) is 6.44. The number of benzene rings is 2. The minimum Gasteiger partial charge on any atom is -0.490 e. The molecule has 0 radical (unpaired) electrons. The number of dihydropyridines is 1. The van der Waals surface area contributed by atoms with Crippen LogP contribution < -0.4 is 20.1 Å². The van der Waals surface area contributed by atoms with Crippen LogP contribution in [0.4, 0.5) is 5.69 Å². The van der Waals surface area contributed by atoms with Gasteiger partial charge in [-0.3, -0.25) is 14.4 Å². The molecule has 1 amide bonds. The van der Waals surface area contributed by atoms with Crippen LogP contribution in [0.25, 0.3) is 0 Å². The summed E-state index contributed by atoms with van der Waals surface area (Å²) < 4.78 is 11.9. The van der Waals surface area contributed by atoms with Crippen LogP contribution in [0, 0.1) is 24.7 Å². The molecular weight excluding hydrogens is 528 g/mol. The Morgan fingerprint density at radius 2 is 1.45 bits per heavy atom. The number of aryl methyl sites for hydroxylation is 2. The quantitative estimate of drug-likeness (QED) is 0.385. The van der Waals surface area contributed by atoms with Crippen molar-refractivity contribution in [2.75, 3.05) is 18.5 Å². The third-order valence-corrected chi connectivity index (χ3v) is 8.47. The van der Waals surface area contributed by atoms with Gasteiger partial charge in [0.2, 0.25) is 0 Å². The molecule has 0 aromatic heterocycles. The number of amides is 1. The van der Waals surface area contributed by atoms with Crippen molar-refractivity contribution in [3.63, 3.8) is 0 Å². The van der Waals surface area contributed by atoms with Gasteiger partial charge in [-0.05, 0) is 85.4 Å². The minimum absolute atomic E-state index is 0.0734. The summed E-state index contributed by atoms with van der Waals surface area (Å²) in [6.07, 6.45) is 2.35. The van der Waals surface area contributed by atoms with E-state index in [1.807, 2.05) is 51.1 Å². The average Bonchev–Trinajstić information content (AvgIpc) is 2.87. The van der Waals surface area contributed by atoms with Crippen molar-refractivity contribution in [2.24, 2.45) is 10.8 Å². The third kappa shape index (κ3) is 6.01. The van der Waals surface area contributed by atoms with Gasteiger partial charge in [-0.2, -0.15) is 0 Å². The van der Waals surface area contributed by atoms with Gasteiger partial charge in [-0.15, -0.1) is 0 Å². The van der Waals surface area contributed by atoms with E-state index in [9.17, 15) is 14.4 Å². The molecule has 7 nitrogen and oxygen atoms in total. The summed E-state index contributed by atoms with van der Waals surface area (Å²) in [6.45, 7) is 14.6. The van der Waals surface area contributed by atoms with Gasteiger partial charge in [0, 0.05) is 47.0 Å². The highest BCUT2D eigenvalue weighted by atomic mass is 16.5. The SMILES string of the molecule is CCOc1cc(C2C3=C(CC(C)(C)CC3=O)NC3=C2C(=O)CC(C)(C)C3)ccc1OCC(=O)Nc1ccc(C)c(C)c1. The van der Waals surface area contributed by atoms with E-state index in [0.717, 1.165) is 40.9 Å². The normalized spacial score (nSPS) is 19.6. The second kappa shape index (κ2) is 11.1. The van der Waals surface area contributed by atoms with Crippen molar-refractivity contribution in [1.82, 2.24) is 5.32 Å². The zero-order chi connectivity index (χ0) is 30.4. The summed E-state index contributed by atoms with van der Waals surface area (Å²) >= 11 is 0. The van der Waals surface area contributed by atoms with Crippen LogP contribution in [0.5, 0.6) is 11.5 Å². The molecule has 5 rings (SSSR count). The van der Waals surface area contributed by atoms with E-state index in [4.69, 9.17) is 9.47 Å². The van der Waals surface area contributed by atoms with Crippen LogP contribution in [0.2, 0.25) is 0 Å². The van der Waals surface area contributed by atoms with Crippen molar-refractivity contribution < 1.29 is 23.9 Å². The number of carbonyl (C=O) groups is 3. The molecule has 0 spiro atoms. The van der Waals surface area contributed by atoms with E-state index in [-0.39, 0.29) is 34.9 Å². The second-order valence-electron chi connectivity index (χ2n) is 13.5. The van der Waals surface area contributed by atoms with Gasteiger partial charge in [-0.1, -0.05) is 39.8 Å². The zero-order valence-corrected chi connectivity index (χ0v) is 25.8. The molecule has 3 aliphatic rings. The maximum absolute atomic E-state index is 13.6. The number of anilines is 1. The lowest BCUT2D eigenvalue weighted by molar-refractivity contribution is -0.119. The van der Waals surface area contributed by atoms with Crippen LogP contribution in [-0.2, 0) is 14.4 Å². The Morgan fingerprint density at radius 3 is 2.02 bits per heavy atom. The third-order valence-electron chi connectivity index (χ3n) is 8.47. The lowest BCUT2D eigenvalue weighted by Gasteiger charge is -2.44. The molecule has 1 aliphatic heterocycles. The summed E-state index contributed by atoms with van der Waals surface area (Å²) in [5.41, 5.74) is 6.67. The highest BCUT2D eigenvalue weighted by Crippen LogP contribution is 2.51. The number of nitrogens with one attached hydrogen (secondary N) is 2. The maximum atomic E-state index is 13.6. The highest BCUT2D eigenvalue weighted by Gasteiger charge is 2.46. The molecule has 0 saturated carbocycles. The lowest BCUT2D eigenvalue weighted by atomic mass is 9.64. The number of ether oxygens (including phenoxy) is 2. The van der Waals surface area contributed by atoms with Crippen LogP contribution in [0.15, 0.2) is 58.9 Å². The lowest BCUT2D eigenvalue weighted by Crippen LogP contribution is -2.42. The fraction of sp³-hybridized carbons (Fsp3) is 0.457. The Balaban J connectivity index is 1.47. The molecule has 2 aromatic rings. The molecule has 0 fully saturated rings. The summed E-state index contributed by atoms with van der Waals surface area (Å²) in [6, 6.07) is 11.3. The first-order chi connectivity index (χ1) is 19.8. The molecule has 42 heavy (non-hydrogen) atoms. The molecule has 0 saturated heterocycles. The molecule has 0 bridgehead atoms. The number of hydrogen-bond donors (Lipinski definition) is 2. The minimum atomic E-state index is -0.468. The average molecular weight is 571 g/mol. The summed E-state index contributed by atoms with van der Waals surface area (Å²) in [4.78, 5) is 40.0. The van der Waals surface area contributed by atoms with Gasteiger partial charge >= 0.3 is 0 Å². The summed E-state index contributed by atoms with van der Waals surface area (Å²) in [7, 11) is 0. The van der Waals surface area contributed by atoms with Gasteiger partial charge < -0.3 is 20.1 Å². The number of hydrogen-bond acceptors (Lipinski definition) is 6. The van der Waals surface area contributed by atoms with E-state index in [1.165, 1.54) is 0 Å². The Labute approximate surface area is 248 Å². The number of rotatable bonds is 7. The Hall–Kier alpha value is -3.87. The van der Waals surface area contributed by atoms with Gasteiger partial charge in [-0.25, -0.2) is 0 Å². The standard InChI is InChI=1S/C35H42N2O5/c1-8-41-29-14-22(10-12-28(29)42-19-30(40)36-23-11-9-20(2)21(3)13-23)31-32-24(15-34(4,5)17-26(32)38)37-25-16-35(6,7)18-27(39)33(25)31/h9-14,31,37H,8,15-19H2,1-7H3,(H,36,40). The molecule has 2 aromatic carbocycles. The van der Waals surface area contributed by atoms with Crippen molar-refractivity contribution in [1.29, 1.82) is 0 Å². The molecule has 7 heteroatoms. The molecule has 222 valence electrons. The monoisotopic (exact) mass is 570 g/mol. The number of Topliss-reactive ketones (excluding diaryl/α,β-unsaturated/α-hetero) is 2. The van der Waals surface area contributed by atoms with E-state index in [2.05, 4.69) is 38.3 Å². The van der Waals surface area contributed by atoms with Crippen molar-refractivity contribution in [3.05, 3.63) is 75.6 Å². The fourth-order valence-electron chi connectivity index (χ4n) is 6.47. The van der Waals surface area contributed by atoms with Crippen molar-refractivity contribution in [3.8, 4) is 11.5 Å². The molecular formula is C35H42N2O5. The van der Waals surface area contributed by atoms with Crippen molar-refractivity contribution in [2.45, 2.75) is 80.1 Å². The zero-order valence-electron chi connectivity index (χ0n) is 25.8. The number of carbonyl (C=O) groups excluding carboxylic acids is 3. The largest absolute Gasteiger partial charge is 0.490 e. The first-order valence-electron chi connectivity index (χ1n) is 14.8. The van der Waals surface area contributed by atoms with Gasteiger partial charge in [0.25, 0.3) is 5.91 Å². The Morgan fingerprint density at radius 1 is 0.833 bits per heavy atom. The van der Waals surface area contributed by atoms with Gasteiger partial charge in [0.1, 0.15) is 0 Å². The van der Waals surface area contributed by atoms with Crippen LogP contribution in [0.1, 0.15) is 82.9 Å². The molecule has 2 aliphatic carbocycles. The van der Waals surface area contributed by atoms with E-state index in [0.29, 0.717) is 47.8 Å². The first kappa shape index (κ1) is 29.6. The van der Waals surface area contributed by atoms with E-state index >= 15 is 0 Å². The molecule has 1 heterocycles. The Kier molecular flexibility index (Phi) is 7.82. The topological polar surface area (TPSA) is 93.7 Å². The smallest absolute Gasteiger partial charge is 0.262 e. The predicted molar refractivity (Wildman–Crippen MR) is 164 cm³/mol. The predicted octanol–water partition coefficient (Wildman–Crippen LogP) is 6.69. The number of allylic oxidation sites excluding steroid dienone is 4. The molecule has 0 atom stereocenters. The maximum Gasteiger partial charge on any atom is 0.262 e. The molecule has 2 N–H and O–H groups in total. The first-order valence-corrected chi connectivity index (χ1v) is 14.8. The fourth-order valence-corrected chi connectivity index (χ4v) is 6.47. The molecule has 0 unspecified atom stereocenters. The van der Waals surface area contributed by atoms with Crippen LogP contribution >= 0.6 is 0 Å². The van der Waals surface area contributed by atoms with Crippen LogP contribution in [0.3, 0.4) is 0 Å². The van der Waals surface area contributed by atoms with E-state index in [1.54, 1.807) is 6.07 Å². The van der Waals surface area contributed by atoms with Crippen LogP contribution in [-0.4, -0.2) is 30.7 Å². The second-order valence-corrected chi connectivity index (χ2v) is 13.5. The van der Waals surface area contributed by atoms with Crippen molar-refractivity contribution >= 4 is 23.2 Å². The highest BCUT2D eigenvalue weighted by molar-refractivity contribution is 6.06.